The molecule has 1 aliphatic heterocycles. The first-order chi connectivity index (χ1) is 12.7. The van der Waals surface area contributed by atoms with E-state index >= 15 is 0 Å². The van der Waals surface area contributed by atoms with E-state index in [1.54, 1.807) is 4.90 Å². The summed E-state index contributed by atoms with van der Waals surface area (Å²) >= 11 is 0. The van der Waals surface area contributed by atoms with E-state index in [9.17, 15) is 4.79 Å². The van der Waals surface area contributed by atoms with Crippen molar-refractivity contribution >= 4 is 17.9 Å². The number of ether oxygens (including phenoxy) is 1. The van der Waals surface area contributed by atoms with Gasteiger partial charge in [-0.1, -0.05) is 25.7 Å². The Morgan fingerprint density at radius 1 is 1.12 bits per heavy atom. The summed E-state index contributed by atoms with van der Waals surface area (Å²) in [6.07, 6.45) is 11.0. The molecule has 144 valence electrons. The van der Waals surface area contributed by atoms with Crippen LogP contribution in [0.1, 0.15) is 58.3 Å². The van der Waals surface area contributed by atoms with Gasteiger partial charge in [0.25, 0.3) is 0 Å². The maximum absolute atomic E-state index is 11.8. The molecule has 0 spiro atoms. The molecule has 0 unspecified atom stereocenters. The number of nitrogens with zero attached hydrogens (tertiary/aromatic N) is 3. The van der Waals surface area contributed by atoms with E-state index in [2.05, 4.69) is 20.6 Å². The number of hydrogen-bond acceptors (Lipinski definition) is 6. The molecule has 1 aliphatic carbocycles. The van der Waals surface area contributed by atoms with E-state index in [-0.39, 0.29) is 6.09 Å². The Bertz CT molecular complexity index is 567. The second kappa shape index (κ2) is 9.59. The third kappa shape index (κ3) is 5.47. The standard InChI is InChI=1S/C19H31N5O2/c1-2-26-19(25)24-13-10-16(11-14-24)21-17-9-12-20-18(23-17)22-15-7-5-3-4-6-8-15/h9,12,15-16H,2-8,10-11,13-14H2,1H3,(H2,20,21,22,23). The molecule has 0 aromatic carbocycles. The number of carbonyl (C=O) groups excluding carboxylic acids is 1. The van der Waals surface area contributed by atoms with Crippen LogP contribution in [0, 0.1) is 0 Å². The van der Waals surface area contributed by atoms with Gasteiger partial charge in [0.15, 0.2) is 0 Å². The second-order valence-electron chi connectivity index (χ2n) is 7.20. The molecular weight excluding hydrogens is 330 g/mol. The van der Waals surface area contributed by atoms with Gasteiger partial charge in [-0.3, -0.25) is 0 Å². The summed E-state index contributed by atoms with van der Waals surface area (Å²) in [6, 6.07) is 2.72. The first-order valence-corrected chi connectivity index (χ1v) is 10.0. The number of likely N-dealkylation sites (tertiary alicyclic amines) is 1. The average molecular weight is 361 g/mol. The quantitative estimate of drug-likeness (QED) is 0.780. The van der Waals surface area contributed by atoms with E-state index in [0.29, 0.717) is 24.6 Å². The molecular formula is C19H31N5O2. The molecule has 1 amide bonds. The van der Waals surface area contributed by atoms with Crippen molar-refractivity contribution in [2.75, 3.05) is 30.3 Å². The van der Waals surface area contributed by atoms with Crippen molar-refractivity contribution in [3.05, 3.63) is 12.3 Å². The van der Waals surface area contributed by atoms with Crippen molar-refractivity contribution in [2.24, 2.45) is 0 Å². The molecule has 1 saturated carbocycles. The first-order valence-electron chi connectivity index (χ1n) is 10.0. The topological polar surface area (TPSA) is 79.4 Å². The highest BCUT2D eigenvalue weighted by Crippen LogP contribution is 2.21. The SMILES string of the molecule is CCOC(=O)N1CCC(Nc2ccnc(NC3CCCCCC3)n2)CC1. The third-order valence-corrected chi connectivity index (χ3v) is 5.22. The molecule has 7 heteroatoms. The number of carbonyl (C=O) groups is 1. The van der Waals surface area contributed by atoms with Crippen LogP contribution in [-0.2, 0) is 4.74 Å². The van der Waals surface area contributed by atoms with E-state index in [1.807, 2.05) is 19.2 Å². The average Bonchev–Trinajstić information content (AvgIpc) is 2.91. The van der Waals surface area contributed by atoms with Crippen LogP contribution in [0.15, 0.2) is 12.3 Å². The fraction of sp³-hybridized carbons (Fsp3) is 0.737. The number of piperidine rings is 1. The lowest BCUT2D eigenvalue weighted by atomic mass is 10.1. The molecule has 26 heavy (non-hydrogen) atoms. The number of amides is 1. The van der Waals surface area contributed by atoms with Crippen molar-refractivity contribution in [3.8, 4) is 0 Å². The van der Waals surface area contributed by atoms with Crippen molar-refractivity contribution in [3.63, 3.8) is 0 Å². The maximum Gasteiger partial charge on any atom is 0.409 e. The van der Waals surface area contributed by atoms with Crippen LogP contribution < -0.4 is 10.6 Å². The largest absolute Gasteiger partial charge is 0.450 e. The highest BCUT2D eigenvalue weighted by molar-refractivity contribution is 5.67. The number of rotatable bonds is 5. The van der Waals surface area contributed by atoms with Gasteiger partial charge in [0, 0.05) is 31.4 Å². The molecule has 1 aromatic heterocycles. The molecule has 3 rings (SSSR count). The number of nitrogens with one attached hydrogen (secondary N) is 2. The molecule has 1 saturated heterocycles. The van der Waals surface area contributed by atoms with Crippen molar-refractivity contribution in [2.45, 2.75) is 70.4 Å². The van der Waals surface area contributed by atoms with Crippen LogP contribution in [-0.4, -0.2) is 52.7 Å². The zero-order valence-electron chi connectivity index (χ0n) is 15.7. The van der Waals surface area contributed by atoms with E-state index in [1.165, 1.54) is 38.5 Å². The van der Waals surface area contributed by atoms with Gasteiger partial charge in [-0.05, 0) is 38.7 Å². The Labute approximate surface area is 155 Å². The Hall–Kier alpha value is -2.05. The Balaban J connectivity index is 1.49. The fourth-order valence-corrected chi connectivity index (χ4v) is 3.75. The van der Waals surface area contributed by atoms with Gasteiger partial charge in [0.1, 0.15) is 5.82 Å². The van der Waals surface area contributed by atoms with Crippen LogP contribution in [0.4, 0.5) is 16.6 Å². The normalized spacial score (nSPS) is 19.7. The molecule has 0 bridgehead atoms. The number of hydrogen-bond donors (Lipinski definition) is 2. The summed E-state index contributed by atoms with van der Waals surface area (Å²) in [7, 11) is 0. The van der Waals surface area contributed by atoms with Crippen LogP contribution in [0.2, 0.25) is 0 Å². The lowest BCUT2D eigenvalue weighted by Crippen LogP contribution is -2.42. The zero-order valence-corrected chi connectivity index (χ0v) is 15.7. The summed E-state index contributed by atoms with van der Waals surface area (Å²) in [6.45, 7) is 3.69. The van der Waals surface area contributed by atoms with E-state index in [4.69, 9.17) is 4.74 Å². The van der Waals surface area contributed by atoms with E-state index < -0.39 is 0 Å². The minimum absolute atomic E-state index is 0.206. The number of anilines is 2. The lowest BCUT2D eigenvalue weighted by molar-refractivity contribution is 0.0983. The Kier molecular flexibility index (Phi) is 6.91. The van der Waals surface area contributed by atoms with Crippen molar-refractivity contribution < 1.29 is 9.53 Å². The molecule has 1 aromatic rings. The minimum Gasteiger partial charge on any atom is -0.450 e. The third-order valence-electron chi connectivity index (χ3n) is 5.22. The molecule has 0 atom stereocenters. The van der Waals surface area contributed by atoms with Gasteiger partial charge in [-0.25, -0.2) is 9.78 Å². The van der Waals surface area contributed by atoms with Gasteiger partial charge >= 0.3 is 6.09 Å². The van der Waals surface area contributed by atoms with Crippen LogP contribution in [0.25, 0.3) is 0 Å². The molecule has 7 nitrogen and oxygen atoms in total. The monoisotopic (exact) mass is 361 g/mol. The van der Waals surface area contributed by atoms with Crippen LogP contribution in [0.5, 0.6) is 0 Å². The lowest BCUT2D eigenvalue weighted by Gasteiger charge is -2.31. The van der Waals surface area contributed by atoms with E-state index in [0.717, 1.165) is 31.7 Å². The molecule has 2 heterocycles. The summed E-state index contributed by atoms with van der Waals surface area (Å²) in [4.78, 5) is 22.6. The highest BCUT2D eigenvalue weighted by atomic mass is 16.6. The first kappa shape index (κ1) is 18.7. The molecule has 2 aliphatic rings. The summed E-state index contributed by atoms with van der Waals surface area (Å²) in [5, 5.41) is 7.00. The van der Waals surface area contributed by atoms with Gasteiger partial charge in [-0.2, -0.15) is 4.98 Å². The minimum atomic E-state index is -0.206. The predicted octanol–water partition coefficient (Wildman–Crippen LogP) is 3.64. The molecule has 2 fully saturated rings. The van der Waals surface area contributed by atoms with Gasteiger partial charge in [0.2, 0.25) is 5.95 Å². The van der Waals surface area contributed by atoms with Crippen molar-refractivity contribution in [1.29, 1.82) is 0 Å². The summed E-state index contributed by atoms with van der Waals surface area (Å²) < 4.78 is 5.07. The highest BCUT2D eigenvalue weighted by Gasteiger charge is 2.23. The fourth-order valence-electron chi connectivity index (χ4n) is 3.75. The zero-order chi connectivity index (χ0) is 18.2. The summed E-state index contributed by atoms with van der Waals surface area (Å²) in [5.74, 6) is 1.57. The van der Waals surface area contributed by atoms with Crippen LogP contribution in [0.3, 0.4) is 0 Å². The second-order valence-corrected chi connectivity index (χ2v) is 7.20. The Morgan fingerprint density at radius 2 is 1.81 bits per heavy atom. The van der Waals surface area contributed by atoms with Crippen LogP contribution >= 0.6 is 0 Å². The van der Waals surface area contributed by atoms with Gasteiger partial charge < -0.3 is 20.3 Å². The summed E-state index contributed by atoms with van der Waals surface area (Å²) in [5.41, 5.74) is 0. The predicted molar refractivity (Wildman–Crippen MR) is 102 cm³/mol. The molecule has 0 radical (unpaired) electrons. The molecule has 2 N–H and O–H groups in total. The van der Waals surface area contributed by atoms with Crippen molar-refractivity contribution in [1.82, 2.24) is 14.9 Å². The maximum atomic E-state index is 11.8. The van der Waals surface area contributed by atoms with Gasteiger partial charge in [-0.15, -0.1) is 0 Å². The Morgan fingerprint density at radius 3 is 2.50 bits per heavy atom. The number of aromatic nitrogens is 2. The van der Waals surface area contributed by atoms with Gasteiger partial charge in [0.05, 0.1) is 6.61 Å². The smallest absolute Gasteiger partial charge is 0.409 e.